The Morgan fingerprint density at radius 3 is 2.77 bits per heavy atom. The van der Waals surface area contributed by atoms with E-state index in [9.17, 15) is 10.1 Å². The maximum Gasteiger partial charge on any atom is 0.256 e. The highest BCUT2D eigenvalue weighted by atomic mass is 16.5. The fourth-order valence-electron chi connectivity index (χ4n) is 3.47. The maximum atomic E-state index is 13.1. The molecule has 1 amide bonds. The van der Waals surface area contributed by atoms with Crippen LogP contribution in [0.4, 0.5) is 5.69 Å². The molecule has 5 heteroatoms. The lowest BCUT2D eigenvalue weighted by Gasteiger charge is -2.38. The Balaban J connectivity index is 2.19. The minimum absolute atomic E-state index is 0.142. The monoisotopic (exact) mass is 358 g/mol. The van der Waals surface area contributed by atoms with Gasteiger partial charge >= 0.3 is 0 Å². The van der Waals surface area contributed by atoms with Crippen LogP contribution in [0.25, 0.3) is 0 Å². The van der Waals surface area contributed by atoms with Crippen LogP contribution in [0.3, 0.4) is 0 Å². The lowest BCUT2D eigenvalue weighted by Crippen LogP contribution is -2.48. The Kier molecular flexibility index (Phi) is 7.47. The topological polar surface area (TPSA) is 71.3 Å². The molecule has 2 rings (SSSR count). The molecule has 142 valence electrons. The predicted molar refractivity (Wildman–Crippen MR) is 102 cm³/mol. The van der Waals surface area contributed by atoms with E-state index in [1.165, 1.54) is 0 Å². The van der Waals surface area contributed by atoms with E-state index in [-0.39, 0.29) is 5.91 Å². The molecule has 1 aliphatic rings. The quantitative estimate of drug-likeness (QED) is 0.733. The molecule has 1 N–H and O–H groups in total. The number of rotatable bonds is 8. The Morgan fingerprint density at radius 1 is 1.35 bits per heavy atom. The van der Waals surface area contributed by atoms with Crippen LogP contribution in [0.15, 0.2) is 18.2 Å². The minimum Gasteiger partial charge on any atom is -0.494 e. The van der Waals surface area contributed by atoms with Gasteiger partial charge < -0.3 is 14.8 Å². The Bertz CT molecular complexity index is 653. The highest BCUT2D eigenvalue weighted by Gasteiger charge is 2.42. The highest BCUT2D eigenvalue weighted by Crippen LogP contribution is 2.37. The summed E-state index contributed by atoms with van der Waals surface area (Å²) < 4.78 is 11.6. The molecule has 1 aliphatic carbocycles. The van der Waals surface area contributed by atoms with Crippen LogP contribution in [-0.2, 0) is 9.53 Å². The van der Waals surface area contributed by atoms with Crippen molar-refractivity contribution in [1.82, 2.24) is 0 Å². The third kappa shape index (κ3) is 4.98. The number of amides is 1. The minimum atomic E-state index is -0.794. The van der Waals surface area contributed by atoms with Crippen molar-refractivity contribution in [2.75, 3.05) is 18.5 Å². The summed E-state index contributed by atoms with van der Waals surface area (Å²) >= 11 is 0. The molecule has 2 atom stereocenters. The molecule has 2 unspecified atom stereocenters. The second kappa shape index (κ2) is 9.59. The summed E-state index contributed by atoms with van der Waals surface area (Å²) in [4.78, 5) is 13.1. The van der Waals surface area contributed by atoms with Crippen molar-refractivity contribution in [3.8, 4) is 11.8 Å². The molecule has 1 fully saturated rings. The highest BCUT2D eigenvalue weighted by molar-refractivity contribution is 5.98. The van der Waals surface area contributed by atoms with Crippen molar-refractivity contribution in [2.45, 2.75) is 64.9 Å². The Morgan fingerprint density at radius 2 is 2.12 bits per heavy atom. The Labute approximate surface area is 156 Å². The van der Waals surface area contributed by atoms with Gasteiger partial charge in [-0.2, -0.15) is 5.26 Å². The van der Waals surface area contributed by atoms with Gasteiger partial charge in [0.2, 0.25) is 0 Å². The van der Waals surface area contributed by atoms with E-state index in [0.717, 1.165) is 38.5 Å². The van der Waals surface area contributed by atoms with E-state index in [4.69, 9.17) is 9.47 Å². The van der Waals surface area contributed by atoms with Gasteiger partial charge in [-0.1, -0.05) is 27.2 Å². The van der Waals surface area contributed by atoms with Gasteiger partial charge in [-0.15, -0.1) is 0 Å². The summed E-state index contributed by atoms with van der Waals surface area (Å²) in [6.45, 7) is 7.40. The Hall–Kier alpha value is -2.06. The number of ether oxygens (including phenoxy) is 2. The second-order valence-corrected chi connectivity index (χ2v) is 7.17. The smallest absolute Gasteiger partial charge is 0.256 e. The van der Waals surface area contributed by atoms with Gasteiger partial charge in [0.25, 0.3) is 5.91 Å². The molecule has 1 aromatic carbocycles. The number of carbonyl (C=O) groups excluding carboxylic acids is 1. The average molecular weight is 358 g/mol. The van der Waals surface area contributed by atoms with Crippen LogP contribution in [-0.4, -0.2) is 24.7 Å². The molecule has 1 aromatic rings. The first-order valence-electron chi connectivity index (χ1n) is 9.67. The SMILES string of the molecule is CCCOc1ccc(NC(=O)C2(OCCC)CCCC(C)C2)c(C#N)c1. The molecule has 0 aliphatic heterocycles. The number of anilines is 1. The van der Waals surface area contributed by atoms with Crippen LogP contribution in [0.2, 0.25) is 0 Å². The number of nitrogens with one attached hydrogen (secondary N) is 1. The third-order valence-electron chi connectivity index (χ3n) is 4.78. The molecule has 0 saturated heterocycles. The summed E-state index contributed by atoms with van der Waals surface area (Å²) in [5.41, 5.74) is 0.123. The molecule has 0 bridgehead atoms. The van der Waals surface area contributed by atoms with Gasteiger partial charge in [-0.25, -0.2) is 0 Å². The number of nitrogens with zero attached hydrogens (tertiary/aromatic N) is 1. The summed E-state index contributed by atoms with van der Waals surface area (Å²) in [6.07, 6.45) is 5.32. The number of benzene rings is 1. The standard InChI is InChI=1S/C21H30N2O3/c1-4-11-25-18-8-9-19(17(13-18)15-22)23-20(24)21(26-12-5-2)10-6-7-16(3)14-21/h8-9,13,16H,4-7,10-12,14H2,1-3H3,(H,23,24). The first kappa shape index (κ1) is 20.3. The van der Waals surface area contributed by atoms with Crippen LogP contribution < -0.4 is 10.1 Å². The van der Waals surface area contributed by atoms with Gasteiger partial charge in [-0.05, 0) is 56.2 Å². The van der Waals surface area contributed by atoms with Crippen molar-refractivity contribution in [1.29, 1.82) is 5.26 Å². The zero-order valence-corrected chi connectivity index (χ0v) is 16.1. The van der Waals surface area contributed by atoms with Gasteiger partial charge in [0.1, 0.15) is 17.4 Å². The first-order valence-corrected chi connectivity index (χ1v) is 9.67. The summed E-state index contributed by atoms with van der Waals surface area (Å²) in [7, 11) is 0. The maximum absolute atomic E-state index is 13.1. The van der Waals surface area contributed by atoms with E-state index in [1.807, 2.05) is 13.8 Å². The van der Waals surface area contributed by atoms with Crippen LogP contribution >= 0.6 is 0 Å². The molecular weight excluding hydrogens is 328 g/mol. The molecule has 5 nitrogen and oxygen atoms in total. The van der Waals surface area contributed by atoms with Crippen LogP contribution in [0, 0.1) is 17.2 Å². The van der Waals surface area contributed by atoms with E-state index in [2.05, 4.69) is 18.3 Å². The average Bonchev–Trinajstić information content (AvgIpc) is 2.65. The number of hydrogen-bond acceptors (Lipinski definition) is 4. The van der Waals surface area contributed by atoms with Gasteiger partial charge in [0, 0.05) is 6.61 Å². The lowest BCUT2D eigenvalue weighted by molar-refractivity contribution is -0.148. The number of nitriles is 1. The van der Waals surface area contributed by atoms with E-state index >= 15 is 0 Å². The molecule has 0 spiro atoms. The molecule has 1 saturated carbocycles. The molecule has 0 radical (unpaired) electrons. The van der Waals surface area contributed by atoms with Crippen LogP contribution in [0.5, 0.6) is 5.75 Å². The molecule has 0 heterocycles. The summed E-state index contributed by atoms with van der Waals surface area (Å²) in [6, 6.07) is 7.35. The predicted octanol–water partition coefficient (Wildman–Crippen LogP) is 4.66. The second-order valence-electron chi connectivity index (χ2n) is 7.17. The van der Waals surface area contributed by atoms with Crippen molar-refractivity contribution >= 4 is 11.6 Å². The van der Waals surface area contributed by atoms with E-state index in [0.29, 0.717) is 36.1 Å². The van der Waals surface area contributed by atoms with Crippen molar-refractivity contribution < 1.29 is 14.3 Å². The zero-order valence-electron chi connectivity index (χ0n) is 16.1. The number of carbonyl (C=O) groups is 1. The lowest BCUT2D eigenvalue weighted by atomic mass is 9.78. The van der Waals surface area contributed by atoms with E-state index in [1.54, 1.807) is 18.2 Å². The summed E-state index contributed by atoms with van der Waals surface area (Å²) in [5.74, 6) is 0.951. The van der Waals surface area contributed by atoms with Gasteiger partial charge in [-0.3, -0.25) is 4.79 Å². The number of hydrogen-bond donors (Lipinski definition) is 1. The largest absolute Gasteiger partial charge is 0.494 e. The fourth-order valence-corrected chi connectivity index (χ4v) is 3.47. The zero-order chi connectivity index (χ0) is 19.0. The van der Waals surface area contributed by atoms with Crippen molar-refractivity contribution in [2.24, 2.45) is 5.92 Å². The van der Waals surface area contributed by atoms with E-state index < -0.39 is 5.60 Å². The fraction of sp³-hybridized carbons (Fsp3) is 0.619. The van der Waals surface area contributed by atoms with Crippen LogP contribution in [0.1, 0.15) is 64.9 Å². The molecule has 26 heavy (non-hydrogen) atoms. The molecular formula is C21H30N2O3. The van der Waals surface area contributed by atoms with Gasteiger partial charge in [0.05, 0.1) is 17.9 Å². The van der Waals surface area contributed by atoms with Gasteiger partial charge in [0.15, 0.2) is 0 Å². The molecule has 0 aromatic heterocycles. The van der Waals surface area contributed by atoms with Crippen molar-refractivity contribution in [3.63, 3.8) is 0 Å². The first-order chi connectivity index (χ1) is 12.5. The normalized spacial score (nSPS) is 22.5. The summed E-state index contributed by atoms with van der Waals surface area (Å²) in [5, 5.41) is 12.4. The third-order valence-corrected chi connectivity index (χ3v) is 4.78. The van der Waals surface area contributed by atoms with Crippen molar-refractivity contribution in [3.05, 3.63) is 23.8 Å².